The van der Waals surface area contributed by atoms with E-state index in [4.69, 9.17) is 12.2 Å². The third kappa shape index (κ3) is 4.15. The van der Waals surface area contributed by atoms with E-state index in [0.29, 0.717) is 23.1 Å². The van der Waals surface area contributed by atoms with Crippen LogP contribution in [0.1, 0.15) is 26.7 Å². The number of anilines is 1. The van der Waals surface area contributed by atoms with Gasteiger partial charge in [0.15, 0.2) is 5.11 Å². The number of benzene rings is 1. The maximum atomic E-state index is 12.4. The Kier molecular flexibility index (Phi) is 5.18. The summed E-state index contributed by atoms with van der Waals surface area (Å²) in [6.45, 7) is 5.23. The lowest BCUT2D eigenvalue weighted by atomic mass is 10.3. The predicted octanol–water partition coefficient (Wildman–Crippen LogP) is 2.17. The molecular formula is C14H21N3O2S2. The molecule has 0 aliphatic carbocycles. The van der Waals surface area contributed by atoms with Crippen LogP contribution in [-0.2, 0) is 10.0 Å². The first-order valence-corrected chi connectivity index (χ1v) is 8.92. The van der Waals surface area contributed by atoms with Gasteiger partial charge in [-0.1, -0.05) is 0 Å². The molecule has 1 heterocycles. The molecule has 2 N–H and O–H groups in total. The SMILES string of the molecule is CC(C)NC(=S)Nc1ccc(S(=O)(=O)N2CCCC2)cc1. The van der Waals surface area contributed by atoms with E-state index in [1.807, 2.05) is 13.8 Å². The molecule has 0 radical (unpaired) electrons. The minimum absolute atomic E-state index is 0.250. The van der Waals surface area contributed by atoms with Gasteiger partial charge in [0.1, 0.15) is 0 Å². The fourth-order valence-electron chi connectivity index (χ4n) is 2.22. The van der Waals surface area contributed by atoms with Crippen LogP contribution in [0.15, 0.2) is 29.2 Å². The molecule has 2 rings (SSSR count). The Hall–Kier alpha value is -1.18. The van der Waals surface area contributed by atoms with Crippen molar-refractivity contribution in [1.29, 1.82) is 0 Å². The summed E-state index contributed by atoms with van der Waals surface area (Å²) >= 11 is 5.16. The van der Waals surface area contributed by atoms with Crippen molar-refractivity contribution in [3.63, 3.8) is 0 Å². The van der Waals surface area contributed by atoms with Crippen LogP contribution >= 0.6 is 12.2 Å². The summed E-state index contributed by atoms with van der Waals surface area (Å²) in [5.41, 5.74) is 0.772. The minimum atomic E-state index is -3.35. The second-order valence-electron chi connectivity index (χ2n) is 5.39. The summed E-state index contributed by atoms with van der Waals surface area (Å²) < 4.78 is 26.3. The van der Waals surface area contributed by atoms with Crippen molar-refractivity contribution in [2.45, 2.75) is 37.6 Å². The highest BCUT2D eigenvalue weighted by molar-refractivity contribution is 7.89. The second kappa shape index (κ2) is 6.72. The molecule has 0 atom stereocenters. The number of hydrogen-bond donors (Lipinski definition) is 2. The third-order valence-electron chi connectivity index (χ3n) is 3.23. The fraction of sp³-hybridized carbons (Fsp3) is 0.500. The topological polar surface area (TPSA) is 61.4 Å². The Bertz CT molecular complexity index is 591. The van der Waals surface area contributed by atoms with Crippen molar-refractivity contribution in [3.8, 4) is 0 Å². The quantitative estimate of drug-likeness (QED) is 0.830. The molecule has 7 heteroatoms. The molecule has 0 bridgehead atoms. The summed E-state index contributed by atoms with van der Waals surface area (Å²) in [6, 6.07) is 6.95. The van der Waals surface area contributed by atoms with Crippen molar-refractivity contribution < 1.29 is 8.42 Å². The summed E-state index contributed by atoms with van der Waals surface area (Å²) in [4.78, 5) is 0.331. The number of sulfonamides is 1. The summed E-state index contributed by atoms with van der Waals surface area (Å²) in [6.07, 6.45) is 1.88. The highest BCUT2D eigenvalue weighted by atomic mass is 32.2. The molecule has 1 saturated heterocycles. The van der Waals surface area contributed by atoms with E-state index >= 15 is 0 Å². The van der Waals surface area contributed by atoms with Crippen molar-refractivity contribution >= 4 is 33.0 Å². The maximum Gasteiger partial charge on any atom is 0.243 e. The molecule has 0 aromatic heterocycles. The zero-order valence-corrected chi connectivity index (χ0v) is 13.9. The fourth-order valence-corrected chi connectivity index (χ4v) is 4.09. The third-order valence-corrected chi connectivity index (χ3v) is 5.37. The van der Waals surface area contributed by atoms with Gasteiger partial charge in [0.2, 0.25) is 10.0 Å². The van der Waals surface area contributed by atoms with Crippen LogP contribution in [0.2, 0.25) is 0 Å². The largest absolute Gasteiger partial charge is 0.360 e. The number of nitrogens with one attached hydrogen (secondary N) is 2. The van der Waals surface area contributed by atoms with Gasteiger partial charge < -0.3 is 10.6 Å². The molecule has 0 spiro atoms. The van der Waals surface area contributed by atoms with Gasteiger partial charge in [-0.3, -0.25) is 0 Å². The maximum absolute atomic E-state index is 12.4. The van der Waals surface area contributed by atoms with Crippen LogP contribution in [0.5, 0.6) is 0 Å². The smallest absolute Gasteiger partial charge is 0.243 e. The van der Waals surface area contributed by atoms with Crippen LogP contribution in [-0.4, -0.2) is 37.0 Å². The molecule has 0 saturated carbocycles. The number of rotatable bonds is 4. The van der Waals surface area contributed by atoms with E-state index in [2.05, 4.69) is 10.6 Å². The number of hydrogen-bond acceptors (Lipinski definition) is 3. The van der Waals surface area contributed by atoms with Crippen LogP contribution in [0.25, 0.3) is 0 Å². The van der Waals surface area contributed by atoms with Crippen LogP contribution in [0.4, 0.5) is 5.69 Å². The number of nitrogens with zero attached hydrogens (tertiary/aromatic N) is 1. The van der Waals surface area contributed by atoms with Crippen molar-refractivity contribution in [2.24, 2.45) is 0 Å². The Morgan fingerprint density at radius 3 is 2.29 bits per heavy atom. The summed E-state index contributed by atoms with van der Waals surface area (Å²) in [7, 11) is -3.35. The first-order valence-electron chi connectivity index (χ1n) is 7.07. The van der Waals surface area contributed by atoms with E-state index in [1.54, 1.807) is 28.6 Å². The van der Waals surface area contributed by atoms with E-state index in [1.165, 1.54) is 0 Å². The van der Waals surface area contributed by atoms with Crippen LogP contribution in [0, 0.1) is 0 Å². The van der Waals surface area contributed by atoms with E-state index in [0.717, 1.165) is 18.5 Å². The zero-order chi connectivity index (χ0) is 15.5. The summed E-state index contributed by atoms with van der Waals surface area (Å²) in [5.74, 6) is 0. The van der Waals surface area contributed by atoms with Gasteiger partial charge in [0.05, 0.1) is 4.90 Å². The van der Waals surface area contributed by atoms with Gasteiger partial charge in [-0.25, -0.2) is 8.42 Å². The average Bonchev–Trinajstić information content (AvgIpc) is 2.92. The molecule has 1 fully saturated rings. The molecule has 1 aromatic carbocycles. The van der Waals surface area contributed by atoms with Crippen molar-refractivity contribution in [2.75, 3.05) is 18.4 Å². The van der Waals surface area contributed by atoms with Gasteiger partial charge in [0.25, 0.3) is 0 Å². The van der Waals surface area contributed by atoms with Gasteiger partial charge in [-0.15, -0.1) is 0 Å². The molecule has 0 amide bonds. The standard InChI is InChI=1S/C14H21N3O2S2/c1-11(2)15-14(20)16-12-5-7-13(8-6-12)21(18,19)17-9-3-4-10-17/h5-8,11H,3-4,9-10H2,1-2H3,(H2,15,16,20). The summed E-state index contributed by atoms with van der Waals surface area (Å²) in [5, 5.41) is 6.64. The molecule has 21 heavy (non-hydrogen) atoms. The predicted molar refractivity (Wildman–Crippen MR) is 88.9 cm³/mol. The van der Waals surface area contributed by atoms with Gasteiger partial charge >= 0.3 is 0 Å². The lowest BCUT2D eigenvalue weighted by molar-refractivity contribution is 0.477. The first kappa shape index (κ1) is 16.2. The molecule has 0 unspecified atom stereocenters. The highest BCUT2D eigenvalue weighted by Crippen LogP contribution is 2.22. The molecule has 116 valence electrons. The molecule has 5 nitrogen and oxygen atoms in total. The monoisotopic (exact) mass is 327 g/mol. The highest BCUT2D eigenvalue weighted by Gasteiger charge is 2.26. The second-order valence-corrected chi connectivity index (χ2v) is 7.73. The van der Waals surface area contributed by atoms with E-state index in [9.17, 15) is 8.42 Å². The molecule has 1 aliphatic rings. The lowest BCUT2D eigenvalue weighted by Crippen LogP contribution is -2.33. The minimum Gasteiger partial charge on any atom is -0.360 e. The normalized spacial score (nSPS) is 16.1. The molecule has 1 aliphatic heterocycles. The van der Waals surface area contributed by atoms with E-state index in [-0.39, 0.29) is 6.04 Å². The molecular weight excluding hydrogens is 306 g/mol. The van der Waals surface area contributed by atoms with Crippen LogP contribution < -0.4 is 10.6 Å². The Labute approximate surface area is 131 Å². The lowest BCUT2D eigenvalue weighted by Gasteiger charge is -2.16. The zero-order valence-electron chi connectivity index (χ0n) is 12.3. The van der Waals surface area contributed by atoms with Gasteiger partial charge in [-0.05, 0) is 63.2 Å². The Balaban J connectivity index is 2.06. The Morgan fingerprint density at radius 1 is 1.19 bits per heavy atom. The van der Waals surface area contributed by atoms with Gasteiger partial charge in [-0.2, -0.15) is 4.31 Å². The number of thiocarbonyl (C=S) groups is 1. The Morgan fingerprint density at radius 2 is 1.76 bits per heavy atom. The van der Waals surface area contributed by atoms with Crippen LogP contribution in [0.3, 0.4) is 0 Å². The van der Waals surface area contributed by atoms with Crippen molar-refractivity contribution in [3.05, 3.63) is 24.3 Å². The first-order chi connectivity index (χ1) is 9.89. The van der Waals surface area contributed by atoms with Crippen molar-refractivity contribution in [1.82, 2.24) is 9.62 Å². The van der Waals surface area contributed by atoms with E-state index < -0.39 is 10.0 Å². The average molecular weight is 327 g/mol. The van der Waals surface area contributed by atoms with Gasteiger partial charge in [0, 0.05) is 24.8 Å². The molecule has 1 aromatic rings.